The van der Waals surface area contributed by atoms with Crippen LogP contribution in [0.2, 0.25) is 0 Å². The van der Waals surface area contributed by atoms with Crippen molar-refractivity contribution in [3.05, 3.63) is 29.3 Å². The minimum absolute atomic E-state index is 0.288. The lowest BCUT2D eigenvalue weighted by Crippen LogP contribution is -2.46. The van der Waals surface area contributed by atoms with Crippen molar-refractivity contribution in [2.45, 2.75) is 32.5 Å². The van der Waals surface area contributed by atoms with Crippen molar-refractivity contribution >= 4 is 0 Å². The Morgan fingerprint density at radius 1 is 1.43 bits per heavy atom. The molecule has 1 aliphatic rings. The first kappa shape index (κ1) is 15.8. The highest BCUT2D eigenvalue weighted by Crippen LogP contribution is 2.21. The van der Waals surface area contributed by atoms with E-state index in [2.05, 4.69) is 42.7 Å². The molecule has 0 radical (unpaired) electrons. The van der Waals surface area contributed by atoms with E-state index in [1.165, 1.54) is 5.56 Å². The molecule has 0 spiro atoms. The van der Waals surface area contributed by atoms with Crippen LogP contribution in [0, 0.1) is 11.8 Å². The Balaban J connectivity index is 2.16. The average molecular weight is 288 g/mol. The molecule has 4 heteroatoms. The molecule has 1 aliphatic heterocycles. The van der Waals surface area contributed by atoms with Crippen LogP contribution in [-0.2, 0) is 11.3 Å². The van der Waals surface area contributed by atoms with Gasteiger partial charge in [-0.25, -0.2) is 0 Å². The first-order valence-electron chi connectivity index (χ1n) is 7.35. The van der Waals surface area contributed by atoms with Gasteiger partial charge in [0.05, 0.1) is 31.9 Å². The summed E-state index contributed by atoms with van der Waals surface area (Å²) in [5.41, 5.74) is 7.58. The number of hydrogen-bond donors (Lipinski definition) is 1. The maximum atomic E-state index is 5.67. The van der Waals surface area contributed by atoms with Gasteiger partial charge in [0.2, 0.25) is 0 Å². The Hall–Kier alpha value is -1.54. The minimum Gasteiger partial charge on any atom is -0.495 e. The van der Waals surface area contributed by atoms with Crippen molar-refractivity contribution in [3.8, 4) is 17.6 Å². The predicted octanol–water partition coefficient (Wildman–Crippen LogP) is 1.61. The molecule has 0 amide bonds. The van der Waals surface area contributed by atoms with Gasteiger partial charge in [0, 0.05) is 19.1 Å². The summed E-state index contributed by atoms with van der Waals surface area (Å²) in [6.07, 6.45) is 0.288. The van der Waals surface area contributed by atoms with Crippen LogP contribution < -0.4 is 10.5 Å². The zero-order valence-electron chi connectivity index (χ0n) is 13.1. The number of hydrogen-bond acceptors (Lipinski definition) is 4. The van der Waals surface area contributed by atoms with Crippen molar-refractivity contribution in [1.29, 1.82) is 0 Å². The highest BCUT2D eigenvalue weighted by Gasteiger charge is 2.23. The lowest BCUT2D eigenvalue weighted by molar-refractivity contribution is -0.0526. The van der Waals surface area contributed by atoms with Gasteiger partial charge in [-0.05, 0) is 31.5 Å². The Kier molecular flexibility index (Phi) is 5.63. The fraction of sp³-hybridized carbons (Fsp3) is 0.529. The Labute approximate surface area is 127 Å². The average Bonchev–Trinajstić information content (AvgIpc) is 2.49. The van der Waals surface area contributed by atoms with E-state index in [1.807, 2.05) is 6.07 Å². The third-order valence-corrected chi connectivity index (χ3v) is 3.71. The second-order valence-electron chi connectivity index (χ2n) is 5.46. The van der Waals surface area contributed by atoms with E-state index in [1.54, 1.807) is 7.11 Å². The molecule has 1 saturated heterocycles. The number of nitrogens with two attached hydrogens (primary N) is 1. The van der Waals surface area contributed by atoms with Crippen LogP contribution in [0.1, 0.15) is 25.0 Å². The van der Waals surface area contributed by atoms with E-state index in [0.29, 0.717) is 12.6 Å². The van der Waals surface area contributed by atoms with Crippen LogP contribution >= 0.6 is 0 Å². The number of benzene rings is 1. The highest BCUT2D eigenvalue weighted by molar-refractivity contribution is 5.48. The van der Waals surface area contributed by atoms with E-state index < -0.39 is 0 Å². The number of methoxy groups -OCH3 is 1. The third kappa shape index (κ3) is 4.21. The molecule has 114 valence electrons. The molecule has 0 aliphatic carbocycles. The second kappa shape index (κ2) is 7.46. The van der Waals surface area contributed by atoms with Crippen molar-refractivity contribution in [1.82, 2.24) is 4.90 Å². The van der Waals surface area contributed by atoms with E-state index >= 15 is 0 Å². The normalized spacial score (nSPS) is 22.5. The molecule has 0 bridgehead atoms. The van der Waals surface area contributed by atoms with Crippen molar-refractivity contribution in [2.24, 2.45) is 5.73 Å². The summed E-state index contributed by atoms with van der Waals surface area (Å²) >= 11 is 0. The summed E-state index contributed by atoms with van der Waals surface area (Å²) in [5.74, 6) is 6.76. The third-order valence-electron chi connectivity index (χ3n) is 3.71. The van der Waals surface area contributed by atoms with Gasteiger partial charge in [-0.15, -0.1) is 0 Å². The van der Waals surface area contributed by atoms with E-state index in [4.69, 9.17) is 15.2 Å². The first-order chi connectivity index (χ1) is 10.1. The number of morpholine rings is 1. The molecule has 0 aromatic heterocycles. The van der Waals surface area contributed by atoms with Gasteiger partial charge in [-0.3, -0.25) is 4.90 Å². The lowest BCUT2D eigenvalue weighted by atomic mass is 10.1. The molecule has 1 fully saturated rings. The Bertz CT molecular complexity index is 533. The van der Waals surface area contributed by atoms with Crippen LogP contribution in [0.25, 0.3) is 0 Å². The molecule has 1 aromatic carbocycles. The molecular formula is C17H24N2O2. The minimum atomic E-state index is 0.288. The Morgan fingerprint density at radius 3 is 2.95 bits per heavy atom. The van der Waals surface area contributed by atoms with Gasteiger partial charge in [0.25, 0.3) is 0 Å². The number of ether oxygens (including phenoxy) is 2. The largest absolute Gasteiger partial charge is 0.495 e. The molecule has 21 heavy (non-hydrogen) atoms. The lowest BCUT2D eigenvalue weighted by Gasteiger charge is -2.36. The fourth-order valence-corrected chi connectivity index (χ4v) is 2.52. The van der Waals surface area contributed by atoms with Gasteiger partial charge < -0.3 is 15.2 Å². The quantitative estimate of drug-likeness (QED) is 0.859. The fourth-order valence-electron chi connectivity index (χ4n) is 2.52. The second-order valence-corrected chi connectivity index (χ2v) is 5.46. The first-order valence-corrected chi connectivity index (χ1v) is 7.35. The Morgan fingerprint density at radius 2 is 2.24 bits per heavy atom. The molecule has 2 unspecified atom stereocenters. The molecular weight excluding hydrogens is 264 g/mol. The van der Waals surface area contributed by atoms with Gasteiger partial charge in [-0.1, -0.05) is 17.9 Å². The van der Waals surface area contributed by atoms with E-state index in [9.17, 15) is 0 Å². The van der Waals surface area contributed by atoms with Crippen molar-refractivity contribution in [3.63, 3.8) is 0 Å². The van der Waals surface area contributed by atoms with Crippen molar-refractivity contribution < 1.29 is 9.47 Å². The maximum Gasteiger partial charge on any atom is 0.134 e. The van der Waals surface area contributed by atoms with Gasteiger partial charge in [0.15, 0.2) is 0 Å². The topological polar surface area (TPSA) is 47.7 Å². The van der Waals surface area contributed by atoms with Crippen LogP contribution in [0.4, 0.5) is 0 Å². The molecule has 0 saturated carbocycles. The number of nitrogens with zero attached hydrogens (tertiary/aromatic N) is 1. The molecule has 2 rings (SSSR count). The van der Waals surface area contributed by atoms with Crippen LogP contribution in [-0.4, -0.2) is 43.9 Å². The van der Waals surface area contributed by atoms with Crippen LogP contribution in [0.15, 0.2) is 18.2 Å². The summed E-state index contributed by atoms with van der Waals surface area (Å²) in [7, 11) is 1.66. The summed E-state index contributed by atoms with van der Waals surface area (Å²) in [6.45, 7) is 7.31. The molecule has 4 nitrogen and oxygen atoms in total. The molecule has 2 atom stereocenters. The van der Waals surface area contributed by atoms with Gasteiger partial charge in [-0.2, -0.15) is 0 Å². The summed E-state index contributed by atoms with van der Waals surface area (Å²) in [6, 6.07) is 6.60. The van der Waals surface area contributed by atoms with E-state index in [0.717, 1.165) is 31.0 Å². The SMILES string of the molecule is COc1ccc(CN2CC(C)OCC2C)cc1C#CCN. The van der Waals surface area contributed by atoms with E-state index in [-0.39, 0.29) is 6.10 Å². The van der Waals surface area contributed by atoms with Crippen molar-refractivity contribution in [2.75, 3.05) is 26.8 Å². The van der Waals surface area contributed by atoms with Gasteiger partial charge in [0.1, 0.15) is 5.75 Å². The summed E-state index contributed by atoms with van der Waals surface area (Å²) < 4.78 is 11.0. The molecule has 1 heterocycles. The highest BCUT2D eigenvalue weighted by atomic mass is 16.5. The smallest absolute Gasteiger partial charge is 0.134 e. The van der Waals surface area contributed by atoms with Crippen LogP contribution in [0.3, 0.4) is 0 Å². The standard InChI is InChI=1S/C17H24N2O2/c1-13-12-21-14(2)10-19(13)11-15-6-7-17(20-3)16(9-15)5-4-8-18/h6-7,9,13-14H,8,10-12,18H2,1-3H3. The zero-order chi connectivity index (χ0) is 15.2. The number of rotatable bonds is 3. The van der Waals surface area contributed by atoms with Crippen LogP contribution in [0.5, 0.6) is 5.75 Å². The summed E-state index contributed by atoms with van der Waals surface area (Å²) in [5, 5.41) is 0. The van der Waals surface area contributed by atoms with Gasteiger partial charge >= 0.3 is 0 Å². The molecule has 2 N–H and O–H groups in total. The molecule has 1 aromatic rings. The monoisotopic (exact) mass is 288 g/mol. The predicted molar refractivity (Wildman–Crippen MR) is 84.2 cm³/mol. The zero-order valence-corrected chi connectivity index (χ0v) is 13.1. The summed E-state index contributed by atoms with van der Waals surface area (Å²) in [4.78, 5) is 2.44. The maximum absolute atomic E-state index is 5.67.